The van der Waals surface area contributed by atoms with Crippen LogP contribution in [0.4, 0.5) is 0 Å². The maximum absolute atomic E-state index is 12.3. The summed E-state index contributed by atoms with van der Waals surface area (Å²) in [4.78, 5) is 18.7. The number of pyridine rings is 1. The fourth-order valence-electron chi connectivity index (χ4n) is 3.85. The molecule has 3 aromatic rings. The van der Waals surface area contributed by atoms with Gasteiger partial charge in [-0.25, -0.2) is 4.68 Å². The van der Waals surface area contributed by atoms with Gasteiger partial charge < -0.3 is 4.42 Å². The summed E-state index contributed by atoms with van der Waals surface area (Å²) in [5, 5.41) is 12.9. The third kappa shape index (κ3) is 4.27. The summed E-state index contributed by atoms with van der Waals surface area (Å²) >= 11 is 0. The molecule has 0 N–H and O–H groups in total. The summed E-state index contributed by atoms with van der Waals surface area (Å²) in [5.74, 6) is 2.45. The number of nitrogens with zero attached hydrogens (tertiary/aromatic N) is 6. The van der Waals surface area contributed by atoms with Crippen molar-refractivity contribution in [3.63, 3.8) is 0 Å². The Labute approximate surface area is 168 Å². The molecule has 8 heteroatoms. The molecule has 0 bridgehead atoms. The summed E-state index contributed by atoms with van der Waals surface area (Å²) in [7, 11) is 0. The Morgan fingerprint density at radius 3 is 2.55 bits per heavy atom. The lowest BCUT2D eigenvalue weighted by Crippen LogP contribution is -2.36. The molecule has 5 rings (SSSR count). The average Bonchev–Trinajstić information content (AvgIpc) is 3.51. The Balaban J connectivity index is 1.18. The van der Waals surface area contributed by atoms with E-state index in [1.807, 2.05) is 12.1 Å². The van der Waals surface area contributed by atoms with E-state index in [0.29, 0.717) is 30.8 Å². The van der Waals surface area contributed by atoms with Gasteiger partial charge in [0, 0.05) is 36.5 Å². The number of rotatable bonds is 6. The predicted molar refractivity (Wildman–Crippen MR) is 106 cm³/mol. The second-order valence-corrected chi connectivity index (χ2v) is 8.00. The normalized spacial score (nSPS) is 18.2. The summed E-state index contributed by atoms with van der Waals surface area (Å²) in [6.45, 7) is 3.29. The Morgan fingerprint density at radius 2 is 1.79 bits per heavy atom. The molecule has 0 atom stereocenters. The topological polar surface area (TPSA) is 89.9 Å². The highest BCUT2D eigenvalue weighted by Crippen LogP contribution is 2.39. The minimum Gasteiger partial charge on any atom is -0.424 e. The molecule has 29 heavy (non-hydrogen) atoms. The standard InChI is InChI=1S/C21H24N6O2/c28-20-4-3-18(16-5-9-22-10-6-16)25-27(20)13-15-7-11-26(12-8-15)14-19-23-24-21(29-19)17-1-2-17/h3-6,9-10,15,17H,1-2,7-8,11-14H2. The maximum atomic E-state index is 12.3. The molecule has 0 amide bonds. The van der Waals surface area contributed by atoms with Crippen molar-refractivity contribution in [3.8, 4) is 11.3 Å². The van der Waals surface area contributed by atoms with Crippen LogP contribution in [0, 0.1) is 5.92 Å². The lowest BCUT2D eigenvalue weighted by molar-refractivity contribution is 0.151. The minimum absolute atomic E-state index is 0.0521. The molecule has 2 fully saturated rings. The van der Waals surface area contributed by atoms with E-state index in [-0.39, 0.29) is 5.56 Å². The van der Waals surface area contributed by atoms with Crippen LogP contribution in [0.3, 0.4) is 0 Å². The van der Waals surface area contributed by atoms with E-state index in [0.717, 1.165) is 43.1 Å². The van der Waals surface area contributed by atoms with Gasteiger partial charge in [-0.05, 0) is 62.9 Å². The molecule has 1 saturated carbocycles. The lowest BCUT2D eigenvalue weighted by atomic mass is 9.97. The molecule has 150 valence electrons. The van der Waals surface area contributed by atoms with E-state index in [9.17, 15) is 4.79 Å². The van der Waals surface area contributed by atoms with Gasteiger partial charge in [-0.15, -0.1) is 10.2 Å². The molecule has 8 nitrogen and oxygen atoms in total. The lowest BCUT2D eigenvalue weighted by Gasteiger charge is -2.30. The van der Waals surface area contributed by atoms with Crippen molar-refractivity contribution in [3.05, 3.63) is 58.8 Å². The Bertz CT molecular complexity index is 1020. The summed E-state index contributed by atoms with van der Waals surface area (Å²) in [6, 6.07) is 7.19. The molecular formula is C21H24N6O2. The summed E-state index contributed by atoms with van der Waals surface area (Å²) in [6.07, 6.45) is 7.86. The zero-order valence-corrected chi connectivity index (χ0v) is 16.3. The molecule has 1 aliphatic carbocycles. The van der Waals surface area contributed by atoms with Crippen molar-refractivity contribution >= 4 is 0 Å². The molecule has 4 heterocycles. The van der Waals surface area contributed by atoms with Gasteiger partial charge in [-0.1, -0.05) is 0 Å². The Hall–Kier alpha value is -2.87. The highest BCUT2D eigenvalue weighted by molar-refractivity contribution is 5.56. The first kappa shape index (κ1) is 18.2. The minimum atomic E-state index is -0.0521. The third-order valence-electron chi connectivity index (χ3n) is 5.75. The number of aromatic nitrogens is 5. The molecule has 0 aromatic carbocycles. The number of piperidine rings is 1. The van der Waals surface area contributed by atoms with Gasteiger partial charge >= 0.3 is 0 Å². The number of hydrogen-bond donors (Lipinski definition) is 0. The predicted octanol–water partition coefficient (Wildman–Crippen LogP) is 2.48. The van der Waals surface area contributed by atoms with Gasteiger partial charge in [0.1, 0.15) is 0 Å². The van der Waals surface area contributed by atoms with Gasteiger partial charge in [-0.2, -0.15) is 5.10 Å². The number of hydrogen-bond acceptors (Lipinski definition) is 7. The van der Waals surface area contributed by atoms with Crippen molar-refractivity contribution in [1.29, 1.82) is 0 Å². The summed E-state index contributed by atoms with van der Waals surface area (Å²) in [5.41, 5.74) is 1.71. The van der Waals surface area contributed by atoms with E-state index in [4.69, 9.17) is 4.42 Å². The van der Waals surface area contributed by atoms with E-state index in [2.05, 4.69) is 25.2 Å². The Kier molecular flexibility index (Phi) is 4.93. The van der Waals surface area contributed by atoms with Gasteiger partial charge in [0.2, 0.25) is 11.8 Å². The van der Waals surface area contributed by atoms with Crippen molar-refractivity contribution < 1.29 is 4.42 Å². The van der Waals surface area contributed by atoms with E-state index < -0.39 is 0 Å². The summed E-state index contributed by atoms with van der Waals surface area (Å²) < 4.78 is 7.39. The van der Waals surface area contributed by atoms with Crippen LogP contribution in [-0.2, 0) is 13.1 Å². The van der Waals surface area contributed by atoms with E-state index >= 15 is 0 Å². The fourth-order valence-corrected chi connectivity index (χ4v) is 3.85. The Morgan fingerprint density at radius 1 is 1.00 bits per heavy atom. The zero-order valence-electron chi connectivity index (χ0n) is 16.3. The van der Waals surface area contributed by atoms with Crippen LogP contribution < -0.4 is 5.56 Å². The zero-order chi connectivity index (χ0) is 19.6. The molecular weight excluding hydrogens is 368 g/mol. The number of likely N-dealkylation sites (tertiary alicyclic amines) is 1. The van der Waals surface area contributed by atoms with Crippen LogP contribution in [0.5, 0.6) is 0 Å². The van der Waals surface area contributed by atoms with Gasteiger partial charge in [0.05, 0.1) is 12.2 Å². The smallest absolute Gasteiger partial charge is 0.266 e. The van der Waals surface area contributed by atoms with Gasteiger partial charge in [-0.3, -0.25) is 14.7 Å². The highest BCUT2D eigenvalue weighted by Gasteiger charge is 2.30. The fraction of sp³-hybridized carbons (Fsp3) is 0.476. The second-order valence-electron chi connectivity index (χ2n) is 8.00. The van der Waals surface area contributed by atoms with E-state index in [1.165, 1.54) is 12.8 Å². The first-order chi connectivity index (χ1) is 14.2. The SMILES string of the molecule is O=c1ccc(-c2ccncc2)nn1CC1CCN(Cc2nnc(C3CC3)o2)CC1. The van der Waals surface area contributed by atoms with Crippen molar-refractivity contribution in [2.75, 3.05) is 13.1 Å². The monoisotopic (exact) mass is 392 g/mol. The molecule has 1 saturated heterocycles. The maximum Gasteiger partial charge on any atom is 0.266 e. The van der Waals surface area contributed by atoms with Crippen molar-refractivity contribution in [2.24, 2.45) is 5.92 Å². The largest absolute Gasteiger partial charge is 0.424 e. The average molecular weight is 392 g/mol. The van der Waals surface area contributed by atoms with Crippen molar-refractivity contribution in [1.82, 2.24) is 29.9 Å². The molecule has 2 aliphatic rings. The highest BCUT2D eigenvalue weighted by atomic mass is 16.4. The van der Waals surface area contributed by atoms with Gasteiger partial charge in [0.25, 0.3) is 5.56 Å². The third-order valence-corrected chi connectivity index (χ3v) is 5.75. The van der Waals surface area contributed by atoms with Crippen LogP contribution in [0.1, 0.15) is 43.4 Å². The van der Waals surface area contributed by atoms with Crippen LogP contribution in [0.25, 0.3) is 11.3 Å². The molecule has 3 aromatic heterocycles. The van der Waals surface area contributed by atoms with Crippen LogP contribution in [-0.4, -0.2) is 43.0 Å². The van der Waals surface area contributed by atoms with Crippen LogP contribution >= 0.6 is 0 Å². The molecule has 0 radical (unpaired) electrons. The van der Waals surface area contributed by atoms with E-state index in [1.54, 1.807) is 29.2 Å². The second kappa shape index (κ2) is 7.87. The van der Waals surface area contributed by atoms with Crippen LogP contribution in [0.2, 0.25) is 0 Å². The quantitative estimate of drug-likeness (QED) is 0.636. The molecule has 0 unspecified atom stereocenters. The first-order valence-electron chi connectivity index (χ1n) is 10.3. The van der Waals surface area contributed by atoms with Crippen molar-refractivity contribution in [2.45, 2.75) is 44.7 Å². The molecule has 0 spiro atoms. The van der Waals surface area contributed by atoms with Crippen LogP contribution in [0.15, 0.2) is 45.9 Å². The molecule has 1 aliphatic heterocycles. The first-order valence-corrected chi connectivity index (χ1v) is 10.3. The van der Waals surface area contributed by atoms with Gasteiger partial charge in [0.15, 0.2) is 0 Å².